The summed E-state index contributed by atoms with van der Waals surface area (Å²) >= 11 is 0. The Bertz CT molecular complexity index is 177. The fraction of sp³-hybridized carbons (Fsp3) is 0.909. The van der Waals surface area contributed by atoms with Crippen LogP contribution in [0.4, 0.5) is 0 Å². The molecule has 1 aliphatic heterocycles. The molecule has 0 saturated carbocycles. The second-order valence-corrected chi connectivity index (χ2v) is 4.29. The van der Waals surface area contributed by atoms with E-state index in [0.29, 0.717) is 17.9 Å². The fourth-order valence-corrected chi connectivity index (χ4v) is 2.15. The Kier molecular flexibility index (Phi) is 3.76. The molecule has 13 heavy (non-hydrogen) atoms. The lowest BCUT2D eigenvalue weighted by Crippen LogP contribution is -2.38. The van der Waals surface area contributed by atoms with Crippen molar-refractivity contribution in [2.24, 2.45) is 5.92 Å². The molecule has 1 atom stereocenters. The maximum atomic E-state index is 11.7. The quantitative estimate of drug-likeness (QED) is 0.658. The van der Waals surface area contributed by atoms with Crippen molar-refractivity contribution in [3.63, 3.8) is 0 Å². The lowest BCUT2D eigenvalue weighted by Gasteiger charge is -2.27. The van der Waals surface area contributed by atoms with Crippen LogP contribution in [0.15, 0.2) is 0 Å². The molecule has 1 unspecified atom stereocenters. The Morgan fingerprint density at radius 1 is 1.54 bits per heavy atom. The Morgan fingerprint density at radius 3 is 2.77 bits per heavy atom. The van der Waals surface area contributed by atoms with Gasteiger partial charge in [-0.2, -0.15) is 0 Å². The first-order chi connectivity index (χ1) is 6.16. The van der Waals surface area contributed by atoms with E-state index in [1.54, 1.807) is 0 Å². The molecule has 0 aromatic carbocycles. The van der Waals surface area contributed by atoms with Crippen molar-refractivity contribution < 1.29 is 4.79 Å². The van der Waals surface area contributed by atoms with Gasteiger partial charge in [0.1, 0.15) is 0 Å². The number of nitrogens with zero attached hydrogens (tertiary/aromatic N) is 1. The van der Waals surface area contributed by atoms with Gasteiger partial charge in [-0.05, 0) is 25.2 Å². The van der Waals surface area contributed by atoms with Crippen LogP contribution in [-0.4, -0.2) is 23.4 Å². The highest BCUT2D eigenvalue weighted by Gasteiger charge is 2.29. The summed E-state index contributed by atoms with van der Waals surface area (Å²) in [5.41, 5.74) is 0. The number of amides is 1. The topological polar surface area (TPSA) is 20.3 Å². The Morgan fingerprint density at radius 2 is 2.23 bits per heavy atom. The van der Waals surface area contributed by atoms with Gasteiger partial charge < -0.3 is 4.90 Å². The summed E-state index contributed by atoms with van der Waals surface area (Å²) in [5, 5.41) is 0. The number of hydrogen-bond donors (Lipinski definition) is 0. The lowest BCUT2D eigenvalue weighted by molar-refractivity contribution is -0.132. The predicted octanol–water partition coefficient (Wildman–Crippen LogP) is 2.43. The van der Waals surface area contributed by atoms with Gasteiger partial charge >= 0.3 is 0 Å². The molecule has 0 aliphatic carbocycles. The summed E-state index contributed by atoms with van der Waals surface area (Å²) in [4.78, 5) is 13.8. The molecule has 2 nitrogen and oxygen atoms in total. The molecule has 0 radical (unpaired) electrons. The van der Waals surface area contributed by atoms with Crippen LogP contribution in [0, 0.1) is 5.92 Å². The second-order valence-electron chi connectivity index (χ2n) is 4.29. The van der Waals surface area contributed by atoms with Crippen molar-refractivity contribution in [2.45, 2.75) is 52.5 Å². The van der Waals surface area contributed by atoms with Crippen molar-refractivity contribution in [1.29, 1.82) is 0 Å². The van der Waals surface area contributed by atoms with Crippen molar-refractivity contribution >= 4 is 5.91 Å². The number of likely N-dealkylation sites (tertiary alicyclic amines) is 1. The maximum Gasteiger partial charge on any atom is 0.222 e. The van der Waals surface area contributed by atoms with Crippen molar-refractivity contribution in [3.8, 4) is 0 Å². The van der Waals surface area contributed by atoms with Gasteiger partial charge in [-0.3, -0.25) is 4.79 Å². The summed E-state index contributed by atoms with van der Waals surface area (Å²) in [6.07, 6.45) is 4.09. The van der Waals surface area contributed by atoms with Gasteiger partial charge in [-0.15, -0.1) is 0 Å². The predicted molar refractivity (Wildman–Crippen MR) is 54.5 cm³/mol. The Labute approximate surface area is 81.3 Å². The smallest absolute Gasteiger partial charge is 0.222 e. The molecule has 76 valence electrons. The van der Waals surface area contributed by atoms with Crippen LogP contribution in [0.5, 0.6) is 0 Å². The summed E-state index contributed by atoms with van der Waals surface area (Å²) in [6, 6.07) is 0.513. The van der Waals surface area contributed by atoms with E-state index in [9.17, 15) is 4.79 Å². The zero-order valence-corrected chi connectivity index (χ0v) is 9.05. The number of rotatable bonds is 3. The molecule has 1 heterocycles. The summed E-state index contributed by atoms with van der Waals surface area (Å²) in [7, 11) is 0. The SMILES string of the molecule is CCCC(=O)N1CCCC1C(C)C. The van der Waals surface area contributed by atoms with Crippen LogP contribution in [-0.2, 0) is 4.79 Å². The number of hydrogen-bond acceptors (Lipinski definition) is 1. The molecule has 1 amide bonds. The number of carbonyl (C=O) groups is 1. The average Bonchev–Trinajstić information content (AvgIpc) is 2.52. The van der Waals surface area contributed by atoms with Crippen molar-refractivity contribution in [2.75, 3.05) is 6.54 Å². The van der Waals surface area contributed by atoms with E-state index in [1.165, 1.54) is 12.8 Å². The van der Waals surface area contributed by atoms with E-state index >= 15 is 0 Å². The third-order valence-electron chi connectivity index (χ3n) is 2.85. The zero-order valence-electron chi connectivity index (χ0n) is 9.05. The maximum absolute atomic E-state index is 11.7. The van der Waals surface area contributed by atoms with Crippen LogP contribution in [0.25, 0.3) is 0 Å². The molecule has 0 spiro atoms. The molecule has 1 rings (SSSR count). The van der Waals surface area contributed by atoms with Gasteiger partial charge in [0, 0.05) is 19.0 Å². The Balaban J connectivity index is 2.52. The largest absolute Gasteiger partial charge is 0.339 e. The molecule has 0 aromatic heterocycles. The van der Waals surface area contributed by atoms with Gasteiger partial charge in [0.25, 0.3) is 0 Å². The van der Waals surface area contributed by atoms with E-state index in [0.717, 1.165) is 19.4 Å². The summed E-state index contributed by atoms with van der Waals surface area (Å²) in [5.74, 6) is 0.974. The van der Waals surface area contributed by atoms with E-state index in [4.69, 9.17) is 0 Å². The minimum Gasteiger partial charge on any atom is -0.339 e. The van der Waals surface area contributed by atoms with Crippen LogP contribution in [0.1, 0.15) is 46.5 Å². The van der Waals surface area contributed by atoms with Gasteiger partial charge in [0.2, 0.25) is 5.91 Å². The van der Waals surface area contributed by atoms with E-state index in [2.05, 4.69) is 25.7 Å². The van der Waals surface area contributed by atoms with Crippen LogP contribution >= 0.6 is 0 Å². The standard InChI is InChI=1S/C11H21NO/c1-4-6-11(13)12-8-5-7-10(12)9(2)3/h9-10H,4-8H2,1-3H3. The normalized spacial score (nSPS) is 22.8. The van der Waals surface area contributed by atoms with E-state index in [1.807, 2.05) is 0 Å². The third-order valence-corrected chi connectivity index (χ3v) is 2.85. The average molecular weight is 183 g/mol. The molecular weight excluding hydrogens is 162 g/mol. The first-order valence-electron chi connectivity index (χ1n) is 5.46. The first-order valence-corrected chi connectivity index (χ1v) is 5.46. The lowest BCUT2D eigenvalue weighted by atomic mass is 10.0. The Hall–Kier alpha value is -0.530. The molecule has 1 aliphatic rings. The van der Waals surface area contributed by atoms with Gasteiger partial charge in [-0.1, -0.05) is 20.8 Å². The second kappa shape index (κ2) is 4.64. The van der Waals surface area contributed by atoms with E-state index < -0.39 is 0 Å². The highest BCUT2D eigenvalue weighted by atomic mass is 16.2. The molecule has 2 heteroatoms. The van der Waals surface area contributed by atoms with Crippen molar-refractivity contribution in [1.82, 2.24) is 4.90 Å². The van der Waals surface area contributed by atoms with Crippen LogP contribution in [0.2, 0.25) is 0 Å². The van der Waals surface area contributed by atoms with Crippen LogP contribution < -0.4 is 0 Å². The van der Waals surface area contributed by atoms with Gasteiger partial charge in [0.05, 0.1) is 0 Å². The minimum absolute atomic E-state index is 0.360. The molecular formula is C11H21NO. The monoisotopic (exact) mass is 183 g/mol. The third kappa shape index (κ3) is 2.45. The highest BCUT2D eigenvalue weighted by Crippen LogP contribution is 2.24. The molecule has 1 fully saturated rings. The van der Waals surface area contributed by atoms with Crippen LogP contribution in [0.3, 0.4) is 0 Å². The summed E-state index contributed by atoms with van der Waals surface area (Å²) in [6.45, 7) is 7.48. The van der Waals surface area contributed by atoms with Gasteiger partial charge in [-0.25, -0.2) is 0 Å². The van der Waals surface area contributed by atoms with Crippen molar-refractivity contribution in [3.05, 3.63) is 0 Å². The molecule has 0 N–H and O–H groups in total. The molecule has 0 bridgehead atoms. The fourth-order valence-electron chi connectivity index (χ4n) is 2.15. The molecule has 1 saturated heterocycles. The van der Waals surface area contributed by atoms with Gasteiger partial charge in [0.15, 0.2) is 0 Å². The highest BCUT2D eigenvalue weighted by molar-refractivity contribution is 5.76. The zero-order chi connectivity index (χ0) is 9.84. The molecule has 0 aromatic rings. The summed E-state index contributed by atoms with van der Waals surface area (Å²) < 4.78 is 0. The van der Waals surface area contributed by atoms with E-state index in [-0.39, 0.29) is 0 Å². The first kappa shape index (κ1) is 10.6. The minimum atomic E-state index is 0.360. The number of carbonyl (C=O) groups excluding carboxylic acids is 1.